The van der Waals surface area contributed by atoms with Crippen molar-refractivity contribution in [1.82, 2.24) is 15.5 Å². The average Bonchev–Trinajstić information content (AvgIpc) is 3.10. The molecule has 1 aliphatic rings. The van der Waals surface area contributed by atoms with Gasteiger partial charge in [-0.2, -0.15) is 0 Å². The maximum absolute atomic E-state index is 13.0. The number of amides is 1. The molecule has 0 radical (unpaired) electrons. The van der Waals surface area contributed by atoms with Crippen LogP contribution in [0.3, 0.4) is 0 Å². The van der Waals surface area contributed by atoms with E-state index in [0.29, 0.717) is 42.2 Å². The molecule has 1 heterocycles. The van der Waals surface area contributed by atoms with Gasteiger partial charge in [-0.15, -0.1) is 0 Å². The summed E-state index contributed by atoms with van der Waals surface area (Å²) in [4.78, 5) is 15.1. The van der Waals surface area contributed by atoms with Crippen molar-refractivity contribution in [2.45, 2.75) is 39.7 Å². The lowest BCUT2D eigenvalue weighted by Gasteiger charge is -2.23. The molecule has 0 bridgehead atoms. The van der Waals surface area contributed by atoms with Crippen LogP contribution in [0.25, 0.3) is 0 Å². The van der Waals surface area contributed by atoms with Gasteiger partial charge in [0.15, 0.2) is 16.6 Å². The SMILES string of the molecule is COc1cccc(C2CN(C(=S)NC(C)C)CC2C(=O)NCC(C)C)c1OC. The number of para-hydroxylation sites is 1. The Bertz CT molecular complexity index is 693. The van der Waals surface area contributed by atoms with E-state index in [2.05, 4.69) is 43.2 Å². The van der Waals surface area contributed by atoms with Gasteiger partial charge in [0.1, 0.15) is 0 Å². The third kappa shape index (κ3) is 5.28. The molecular weight excluding hydrogens is 374 g/mol. The fourth-order valence-corrected chi connectivity index (χ4v) is 3.91. The van der Waals surface area contributed by atoms with Crippen molar-refractivity contribution < 1.29 is 14.3 Å². The Balaban J connectivity index is 2.34. The molecule has 0 aliphatic carbocycles. The van der Waals surface area contributed by atoms with Gasteiger partial charge in [0.2, 0.25) is 5.91 Å². The minimum absolute atomic E-state index is 0.0378. The Morgan fingerprint density at radius 2 is 1.93 bits per heavy atom. The molecule has 1 fully saturated rings. The van der Waals surface area contributed by atoms with Crippen LogP contribution >= 0.6 is 12.2 Å². The highest BCUT2D eigenvalue weighted by Gasteiger charge is 2.41. The zero-order valence-electron chi connectivity index (χ0n) is 17.7. The molecule has 1 saturated heterocycles. The summed E-state index contributed by atoms with van der Waals surface area (Å²) in [6, 6.07) is 6.06. The maximum atomic E-state index is 13.0. The predicted molar refractivity (Wildman–Crippen MR) is 116 cm³/mol. The minimum Gasteiger partial charge on any atom is -0.493 e. The fourth-order valence-electron chi connectivity index (χ4n) is 3.53. The Labute approximate surface area is 174 Å². The van der Waals surface area contributed by atoms with E-state index in [1.54, 1.807) is 14.2 Å². The van der Waals surface area contributed by atoms with Crippen LogP contribution in [0.2, 0.25) is 0 Å². The second kappa shape index (κ2) is 9.96. The van der Waals surface area contributed by atoms with Crippen LogP contribution in [-0.2, 0) is 4.79 Å². The normalized spacial score (nSPS) is 19.1. The molecule has 28 heavy (non-hydrogen) atoms. The first kappa shape index (κ1) is 22.3. The Kier molecular flexibility index (Phi) is 7.92. The quantitative estimate of drug-likeness (QED) is 0.678. The van der Waals surface area contributed by atoms with Crippen molar-refractivity contribution in [1.29, 1.82) is 0 Å². The highest BCUT2D eigenvalue weighted by atomic mass is 32.1. The molecular formula is C21H33N3O3S. The highest BCUT2D eigenvalue weighted by molar-refractivity contribution is 7.80. The zero-order valence-corrected chi connectivity index (χ0v) is 18.6. The van der Waals surface area contributed by atoms with Gasteiger partial charge in [-0.25, -0.2) is 0 Å². The van der Waals surface area contributed by atoms with Gasteiger partial charge in [-0.3, -0.25) is 4.79 Å². The van der Waals surface area contributed by atoms with Crippen molar-refractivity contribution in [2.75, 3.05) is 33.9 Å². The van der Waals surface area contributed by atoms with E-state index in [9.17, 15) is 4.79 Å². The van der Waals surface area contributed by atoms with E-state index in [1.807, 2.05) is 18.2 Å². The van der Waals surface area contributed by atoms with Crippen molar-refractivity contribution in [2.24, 2.45) is 11.8 Å². The third-order valence-electron chi connectivity index (χ3n) is 4.87. The molecule has 6 nitrogen and oxygen atoms in total. The molecule has 7 heteroatoms. The number of benzene rings is 1. The number of hydrogen-bond acceptors (Lipinski definition) is 4. The smallest absolute Gasteiger partial charge is 0.225 e. The average molecular weight is 408 g/mol. The molecule has 2 N–H and O–H groups in total. The molecule has 1 aromatic carbocycles. The van der Waals surface area contributed by atoms with Gasteiger partial charge >= 0.3 is 0 Å². The Morgan fingerprint density at radius 3 is 2.50 bits per heavy atom. The summed E-state index contributed by atoms with van der Waals surface area (Å²) in [7, 11) is 3.25. The molecule has 1 aliphatic heterocycles. The number of nitrogens with one attached hydrogen (secondary N) is 2. The summed E-state index contributed by atoms with van der Waals surface area (Å²) >= 11 is 5.58. The molecule has 0 aromatic heterocycles. The van der Waals surface area contributed by atoms with Gasteiger partial charge in [-0.1, -0.05) is 26.0 Å². The molecule has 1 amide bonds. The number of carbonyl (C=O) groups is 1. The fraction of sp³-hybridized carbons (Fsp3) is 0.619. The zero-order chi connectivity index (χ0) is 20.8. The topological polar surface area (TPSA) is 62.8 Å². The number of hydrogen-bond donors (Lipinski definition) is 2. The van der Waals surface area contributed by atoms with Gasteiger partial charge in [0.25, 0.3) is 0 Å². The predicted octanol–water partition coefficient (Wildman–Crippen LogP) is 2.77. The summed E-state index contributed by atoms with van der Waals surface area (Å²) in [6.45, 7) is 10.2. The summed E-state index contributed by atoms with van der Waals surface area (Å²) in [5.74, 6) is 1.55. The lowest BCUT2D eigenvalue weighted by atomic mass is 9.87. The van der Waals surface area contributed by atoms with E-state index in [4.69, 9.17) is 21.7 Å². The summed E-state index contributed by atoms with van der Waals surface area (Å²) in [5, 5.41) is 7.06. The van der Waals surface area contributed by atoms with Crippen molar-refractivity contribution >= 4 is 23.2 Å². The van der Waals surface area contributed by atoms with Gasteiger partial charge in [-0.05, 0) is 38.0 Å². The monoisotopic (exact) mass is 407 g/mol. The number of thiocarbonyl (C=S) groups is 1. The van der Waals surface area contributed by atoms with Crippen LogP contribution in [0.5, 0.6) is 11.5 Å². The number of ether oxygens (including phenoxy) is 2. The maximum Gasteiger partial charge on any atom is 0.225 e. The summed E-state index contributed by atoms with van der Waals surface area (Å²) in [5.41, 5.74) is 0.974. The third-order valence-corrected chi connectivity index (χ3v) is 5.25. The number of methoxy groups -OCH3 is 2. The van der Waals surface area contributed by atoms with Gasteiger partial charge in [0.05, 0.1) is 20.1 Å². The van der Waals surface area contributed by atoms with Crippen LogP contribution in [0.1, 0.15) is 39.2 Å². The number of likely N-dealkylation sites (tertiary alicyclic amines) is 1. The summed E-state index contributed by atoms with van der Waals surface area (Å²) < 4.78 is 11.1. The van der Waals surface area contributed by atoms with E-state index in [-0.39, 0.29) is 23.8 Å². The highest BCUT2D eigenvalue weighted by Crippen LogP contribution is 2.41. The summed E-state index contributed by atoms with van der Waals surface area (Å²) in [6.07, 6.45) is 0. The molecule has 0 saturated carbocycles. The lowest BCUT2D eigenvalue weighted by Crippen LogP contribution is -2.42. The Morgan fingerprint density at radius 1 is 1.21 bits per heavy atom. The number of nitrogens with zero attached hydrogens (tertiary/aromatic N) is 1. The second-order valence-corrected chi connectivity index (χ2v) is 8.33. The lowest BCUT2D eigenvalue weighted by molar-refractivity contribution is -0.125. The van der Waals surface area contributed by atoms with Crippen molar-refractivity contribution in [3.8, 4) is 11.5 Å². The molecule has 0 spiro atoms. The first-order chi connectivity index (χ1) is 13.3. The van der Waals surface area contributed by atoms with Crippen LogP contribution < -0.4 is 20.1 Å². The van der Waals surface area contributed by atoms with Crippen molar-refractivity contribution in [3.63, 3.8) is 0 Å². The van der Waals surface area contributed by atoms with Crippen LogP contribution in [0.15, 0.2) is 18.2 Å². The molecule has 2 rings (SSSR count). The van der Waals surface area contributed by atoms with Gasteiger partial charge in [0, 0.05) is 37.2 Å². The minimum atomic E-state index is -0.216. The molecule has 2 atom stereocenters. The Hall–Kier alpha value is -2.02. The second-order valence-electron chi connectivity index (χ2n) is 7.94. The van der Waals surface area contributed by atoms with Crippen molar-refractivity contribution in [3.05, 3.63) is 23.8 Å². The standard InChI is InChI=1S/C21H33N3O3S/c1-13(2)10-22-20(25)17-12-24(21(28)23-14(3)4)11-16(17)15-8-7-9-18(26-5)19(15)27-6/h7-9,13-14,16-17H,10-12H2,1-6H3,(H,22,25)(H,23,28). The number of rotatable bonds is 7. The van der Waals surface area contributed by atoms with E-state index >= 15 is 0 Å². The van der Waals surface area contributed by atoms with Crippen LogP contribution in [-0.4, -0.2) is 55.8 Å². The molecule has 156 valence electrons. The number of carbonyl (C=O) groups excluding carboxylic acids is 1. The van der Waals surface area contributed by atoms with E-state index in [0.717, 1.165) is 5.56 Å². The van der Waals surface area contributed by atoms with Gasteiger partial charge < -0.3 is 25.0 Å². The molecule has 1 aromatic rings. The van der Waals surface area contributed by atoms with Crippen LogP contribution in [0.4, 0.5) is 0 Å². The van der Waals surface area contributed by atoms with Crippen LogP contribution in [0, 0.1) is 11.8 Å². The first-order valence-electron chi connectivity index (χ1n) is 9.82. The largest absolute Gasteiger partial charge is 0.493 e. The molecule has 2 unspecified atom stereocenters. The van der Waals surface area contributed by atoms with E-state index in [1.165, 1.54) is 0 Å². The van der Waals surface area contributed by atoms with E-state index < -0.39 is 0 Å². The first-order valence-corrected chi connectivity index (χ1v) is 10.2.